The Morgan fingerprint density at radius 1 is 1.37 bits per heavy atom. The minimum atomic E-state index is -0.779. The number of hydrogen-bond donors (Lipinski definition) is 1. The fraction of sp³-hybridized carbons (Fsp3) is 0.421. The van der Waals surface area contributed by atoms with Crippen molar-refractivity contribution in [2.45, 2.75) is 19.8 Å². The van der Waals surface area contributed by atoms with E-state index >= 15 is 0 Å². The number of methoxy groups -OCH3 is 1. The molecule has 160 valence electrons. The van der Waals surface area contributed by atoms with Gasteiger partial charge in [0.05, 0.1) is 16.9 Å². The first kappa shape index (κ1) is 21.6. The molecular weight excluding hydrogens is 414 g/mol. The Bertz CT molecular complexity index is 938. The zero-order chi connectivity index (χ0) is 22.0. The van der Waals surface area contributed by atoms with Crippen molar-refractivity contribution in [2.75, 3.05) is 26.7 Å². The highest BCUT2D eigenvalue weighted by Gasteiger charge is 2.37. The van der Waals surface area contributed by atoms with E-state index in [1.165, 1.54) is 19.3 Å². The van der Waals surface area contributed by atoms with Crippen LogP contribution < -0.4 is 4.74 Å². The van der Waals surface area contributed by atoms with Gasteiger partial charge in [-0.3, -0.25) is 29.4 Å². The zero-order valence-electron chi connectivity index (χ0n) is 16.5. The Morgan fingerprint density at radius 3 is 2.63 bits per heavy atom. The van der Waals surface area contributed by atoms with Crippen LogP contribution in [0.3, 0.4) is 0 Å². The minimum absolute atomic E-state index is 0.0297. The van der Waals surface area contributed by atoms with Crippen molar-refractivity contribution in [1.82, 2.24) is 9.80 Å². The van der Waals surface area contributed by atoms with Crippen molar-refractivity contribution in [3.63, 3.8) is 0 Å². The summed E-state index contributed by atoms with van der Waals surface area (Å²) in [5, 5.41) is 20.4. The number of hydrogen-bond acceptors (Lipinski definition) is 8. The Balaban J connectivity index is 1.79. The van der Waals surface area contributed by atoms with Crippen molar-refractivity contribution < 1.29 is 29.2 Å². The van der Waals surface area contributed by atoms with Crippen molar-refractivity contribution >= 4 is 40.6 Å². The fourth-order valence-electron chi connectivity index (χ4n) is 3.27. The number of carbonyl (C=O) groups excluding carboxylic acids is 3. The topological polar surface area (TPSA) is 130 Å². The Hall–Kier alpha value is -3.08. The van der Waals surface area contributed by atoms with E-state index in [0.717, 1.165) is 23.8 Å². The first-order chi connectivity index (χ1) is 14.2. The van der Waals surface area contributed by atoms with Crippen molar-refractivity contribution in [3.8, 4) is 11.5 Å². The molecule has 1 aromatic rings. The number of nitrogens with zero attached hydrogens (tertiary/aromatic N) is 3. The molecule has 10 nitrogen and oxygen atoms in total. The molecule has 11 heteroatoms. The third kappa shape index (κ3) is 4.40. The fourth-order valence-corrected chi connectivity index (χ4v) is 4.11. The third-order valence-electron chi connectivity index (χ3n) is 5.09. The first-order valence-corrected chi connectivity index (χ1v) is 10.1. The number of likely N-dealkylation sites (tertiary alicyclic amines) is 1. The standard InChI is InChI=1S/C19H21N3O7S/c1-11-3-5-20(6-4-11)16(23)10-21-18(25)15(30-19(21)26)9-12-7-13(22(27)28)17(24)14(8-12)29-2/h7-9,11,24H,3-6,10H2,1-2H3/b15-9+. The Morgan fingerprint density at radius 2 is 2.03 bits per heavy atom. The summed E-state index contributed by atoms with van der Waals surface area (Å²) >= 11 is 0.652. The monoisotopic (exact) mass is 435 g/mol. The number of aromatic hydroxyl groups is 1. The van der Waals surface area contributed by atoms with Crippen LogP contribution in [0, 0.1) is 16.0 Å². The van der Waals surface area contributed by atoms with Gasteiger partial charge in [0.1, 0.15) is 6.54 Å². The molecule has 2 saturated heterocycles. The lowest BCUT2D eigenvalue weighted by molar-refractivity contribution is -0.386. The van der Waals surface area contributed by atoms with Gasteiger partial charge in [0, 0.05) is 19.2 Å². The third-order valence-corrected chi connectivity index (χ3v) is 6.00. The van der Waals surface area contributed by atoms with Gasteiger partial charge in [-0.1, -0.05) is 6.92 Å². The second-order valence-electron chi connectivity index (χ2n) is 7.18. The molecule has 0 bridgehead atoms. The van der Waals surface area contributed by atoms with Crippen LogP contribution >= 0.6 is 11.8 Å². The molecule has 0 aromatic heterocycles. The van der Waals surface area contributed by atoms with Gasteiger partial charge in [-0.25, -0.2) is 0 Å². The molecule has 3 rings (SSSR count). The van der Waals surface area contributed by atoms with E-state index in [-0.39, 0.29) is 28.7 Å². The van der Waals surface area contributed by atoms with Gasteiger partial charge in [-0.15, -0.1) is 0 Å². The van der Waals surface area contributed by atoms with E-state index in [1.807, 2.05) is 0 Å². The smallest absolute Gasteiger partial charge is 0.315 e. The van der Waals surface area contributed by atoms with Gasteiger partial charge in [0.25, 0.3) is 11.1 Å². The van der Waals surface area contributed by atoms with Gasteiger partial charge in [0.2, 0.25) is 11.7 Å². The van der Waals surface area contributed by atoms with Crippen LogP contribution in [-0.4, -0.2) is 63.6 Å². The number of benzene rings is 1. The number of thioether (sulfide) groups is 1. The first-order valence-electron chi connectivity index (χ1n) is 9.29. The summed E-state index contributed by atoms with van der Waals surface area (Å²) in [6.45, 7) is 2.98. The Kier molecular flexibility index (Phi) is 6.30. The molecule has 0 saturated carbocycles. The van der Waals surface area contributed by atoms with Gasteiger partial charge >= 0.3 is 5.69 Å². The molecule has 2 aliphatic heterocycles. The van der Waals surface area contributed by atoms with Gasteiger partial charge in [-0.05, 0) is 48.2 Å². The molecule has 3 amide bonds. The summed E-state index contributed by atoms with van der Waals surface area (Å²) in [6, 6.07) is 2.39. The number of nitro groups is 1. The number of nitro benzene ring substituents is 1. The number of rotatable bonds is 5. The van der Waals surface area contributed by atoms with E-state index in [2.05, 4.69) is 6.92 Å². The number of amides is 3. The molecule has 1 N–H and O–H groups in total. The minimum Gasteiger partial charge on any atom is -0.500 e. The van der Waals surface area contributed by atoms with Gasteiger partial charge in [-0.2, -0.15) is 0 Å². The number of carbonyl (C=O) groups is 3. The van der Waals surface area contributed by atoms with E-state index in [0.29, 0.717) is 30.8 Å². The summed E-state index contributed by atoms with van der Waals surface area (Å²) in [4.78, 5) is 50.4. The summed E-state index contributed by atoms with van der Waals surface area (Å²) in [7, 11) is 1.24. The lowest BCUT2D eigenvalue weighted by Crippen LogP contribution is -2.45. The van der Waals surface area contributed by atoms with Crippen LogP contribution in [0.15, 0.2) is 17.0 Å². The average Bonchev–Trinajstić information content (AvgIpc) is 2.96. The summed E-state index contributed by atoms with van der Waals surface area (Å²) < 4.78 is 4.93. The molecule has 2 aliphatic rings. The lowest BCUT2D eigenvalue weighted by Gasteiger charge is -2.31. The van der Waals surface area contributed by atoms with Crippen molar-refractivity contribution in [2.24, 2.45) is 5.92 Å². The molecule has 1 aromatic carbocycles. The molecule has 0 radical (unpaired) electrons. The second kappa shape index (κ2) is 8.74. The second-order valence-corrected chi connectivity index (χ2v) is 8.17. The molecule has 0 unspecified atom stereocenters. The van der Waals surface area contributed by atoms with Gasteiger partial charge < -0.3 is 14.7 Å². The number of piperidine rings is 1. The summed E-state index contributed by atoms with van der Waals surface area (Å²) in [5.74, 6) is -1.15. The quantitative estimate of drug-likeness (QED) is 0.424. The highest BCUT2D eigenvalue weighted by atomic mass is 32.2. The molecule has 0 atom stereocenters. The van der Waals surface area contributed by atoms with Crippen LogP contribution in [0.4, 0.5) is 10.5 Å². The van der Waals surface area contributed by atoms with E-state index in [1.54, 1.807) is 4.90 Å². The number of phenols is 1. The molecular formula is C19H21N3O7S. The Labute approximate surface area is 176 Å². The van der Waals surface area contributed by atoms with Crippen LogP contribution in [0.1, 0.15) is 25.3 Å². The molecule has 30 heavy (non-hydrogen) atoms. The van der Waals surface area contributed by atoms with E-state index < -0.39 is 27.5 Å². The van der Waals surface area contributed by atoms with Crippen LogP contribution in [0.5, 0.6) is 11.5 Å². The van der Waals surface area contributed by atoms with Gasteiger partial charge in [0.15, 0.2) is 5.75 Å². The van der Waals surface area contributed by atoms with E-state index in [9.17, 15) is 29.6 Å². The predicted octanol–water partition coefficient (Wildman–Crippen LogP) is 2.60. The number of phenolic OH excluding ortho intramolecular Hbond substituents is 1. The van der Waals surface area contributed by atoms with E-state index in [4.69, 9.17) is 4.74 Å². The maximum absolute atomic E-state index is 12.7. The lowest BCUT2D eigenvalue weighted by atomic mass is 9.99. The molecule has 2 heterocycles. The number of ether oxygens (including phenoxy) is 1. The van der Waals surface area contributed by atoms with Crippen molar-refractivity contribution in [1.29, 1.82) is 0 Å². The molecule has 0 spiro atoms. The van der Waals surface area contributed by atoms with Crippen molar-refractivity contribution in [3.05, 3.63) is 32.7 Å². The van der Waals surface area contributed by atoms with Crippen LogP contribution in [0.25, 0.3) is 6.08 Å². The summed E-state index contributed by atoms with van der Waals surface area (Å²) in [5.41, 5.74) is -0.382. The number of imide groups is 1. The highest BCUT2D eigenvalue weighted by Crippen LogP contribution is 2.39. The maximum Gasteiger partial charge on any atom is 0.315 e. The highest BCUT2D eigenvalue weighted by molar-refractivity contribution is 8.18. The van der Waals surface area contributed by atoms with Crippen LogP contribution in [0.2, 0.25) is 0 Å². The zero-order valence-corrected chi connectivity index (χ0v) is 17.3. The normalized spacial score (nSPS) is 18.9. The van der Waals surface area contributed by atoms with Crippen LogP contribution in [-0.2, 0) is 9.59 Å². The maximum atomic E-state index is 12.7. The largest absolute Gasteiger partial charge is 0.500 e. The summed E-state index contributed by atoms with van der Waals surface area (Å²) in [6.07, 6.45) is 3.07. The average molecular weight is 435 g/mol. The SMILES string of the molecule is COc1cc(/C=C2/SC(=O)N(CC(=O)N3CCC(C)CC3)C2=O)cc([N+](=O)[O-])c1O. The molecule has 0 aliphatic carbocycles. The molecule has 2 fully saturated rings. The predicted molar refractivity (Wildman–Crippen MR) is 109 cm³/mol.